The van der Waals surface area contributed by atoms with Gasteiger partial charge in [0.15, 0.2) is 0 Å². The molecule has 0 amide bonds. The van der Waals surface area contributed by atoms with Crippen LogP contribution in [0.1, 0.15) is 39.2 Å². The third-order valence-electron chi connectivity index (χ3n) is 3.38. The minimum absolute atomic E-state index is 0.156. The van der Waals surface area contributed by atoms with Gasteiger partial charge in [-0.25, -0.2) is 4.39 Å². The summed E-state index contributed by atoms with van der Waals surface area (Å²) in [5.74, 6) is -0.156. The van der Waals surface area contributed by atoms with E-state index in [4.69, 9.17) is 0 Å². The number of nitrogens with one attached hydrogen (secondary N) is 1. The molecule has 17 heavy (non-hydrogen) atoms. The Bertz CT molecular complexity index is 320. The highest BCUT2D eigenvalue weighted by Gasteiger charge is 2.21. The maximum absolute atomic E-state index is 12.8. The first-order chi connectivity index (χ1) is 8.09. The van der Waals surface area contributed by atoms with Gasteiger partial charge in [0, 0.05) is 6.54 Å². The van der Waals surface area contributed by atoms with Gasteiger partial charge in [-0.05, 0) is 48.9 Å². The van der Waals surface area contributed by atoms with Crippen molar-refractivity contribution in [3.8, 4) is 0 Å². The van der Waals surface area contributed by atoms with Gasteiger partial charge in [0.25, 0.3) is 0 Å². The van der Waals surface area contributed by atoms with E-state index in [0.29, 0.717) is 0 Å². The van der Waals surface area contributed by atoms with E-state index in [1.165, 1.54) is 5.56 Å². The molecule has 0 radical (unpaired) electrons. The number of hydrogen-bond donors (Lipinski definition) is 1. The molecule has 0 aromatic heterocycles. The zero-order chi connectivity index (χ0) is 12.7. The molecule has 1 aromatic rings. The van der Waals surface area contributed by atoms with Gasteiger partial charge in [-0.3, -0.25) is 0 Å². The predicted molar refractivity (Wildman–Crippen MR) is 71.7 cm³/mol. The second-order valence-electron chi connectivity index (χ2n) is 5.14. The van der Waals surface area contributed by atoms with Gasteiger partial charge in [-0.2, -0.15) is 0 Å². The number of hydrogen-bond acceptors (Lipinski definition) is 1. The topological polar surface area (TPSA) is 12.0 Å². The number of rotatable bonds is 7. The molecule has 1 atom stereocenters. The van der Waals surface area contributed by atoms with Crippen LogP contribution < -0.4 is 5.32 Å². The highest BCUT2D eigenvalue weighted by Crippen LogP contribution is 2.25. The van der Waals surface area contributed by atoms with Crippen LogP contribution in [0.25, 0.3) is 0 Å². The minimum Gasteiger partial charge on any atom is -0.316 e. The molecular weight excluding hydrogens is 213 g/mol. The molecule has 96 valence electrons. The van der Waals surface area contributed by atoms with Crippen molar-refractivity contribution < 1.29 is 4.39 Å². The van der Waals surface area contributed by atoms with Crippen LogP contribution in [0.15, 0.2) is 24.3 Å². The van der Waals surface area contributed by atoms with Gasteiger partial charge < -0.3 is 5.32 Å². The third-order valence-corrected chi connectivity index (χ3v) is 3.38. The summed E-state index contributed by atoms with van der Waals surface area (Å²) in [7, 11) is 0. The Kier molecular flexibility index (Phi) is 5.63. The Hall–Kier alpha value is -0.890. The Morgan fingerprint density at radius 3 is 2.35 bits per heavy atom. The molecule has 2 heteroatoms. The van der Waals surface area contributed by atoms with Crippen LogP contribution in [0, 0.1) is 11.2 Å². The van der Waals surface area contributed by atoms with Crippen molar-refractivity contribution in [2.75, 3.05) is 13.1 Å². The first-order valence-corrected chi connectivity index (χ1v) is 6.55. The van der Waals surface area contributed by atoms with Crippen molar-refractivity contribution in [3.05, 3.63) is 35.6 Å². The van der Waals surface area contributed by atoms with Crippen molar-refractivity contribution in [1.82, 2.24) is 5.32 Å². The van der Waals surface area contributed by atoms with Gasteiger partial charge in [0.05, 0.1) is 0 Å². The smallest absolute Gasteiger partial charge is 0.123 e. The van der Waals surface area contributed by atoms with E-state index in [0.717, 1.165) is 32.4 Å². The Morgan fingerprint density at radius 1 is 1.18 bits per heavy atom. The fraction of sp³-hybridized carbons (Fsp3) is 0.600. The lowest BCUT2D eigenvalue weighted by Crippen LogP contribution is -2.33. The van der Waals surface area contributed by atoms with Crippen LogP contribution in [-0.4, -0.2) is 13.1 Å². The molecule has 1 aromatic carbocycles. The molecule has 0 heterocycles. The average molecular weight is 237 g/mol. The first-order valence-electron chi connectivity index (χ1n) is 6.55. The van der Waals surface area contributed by atoms with Crippen LogP contribution >= 0.6 is 0 Å². The molecule has 0 saturated heterocycles. The molecule has 0 spiro atoms. The quantitative estimate of drug-likeness (QED) is 0.712. The van der Waals surface area contributed by atoms with E-state index in [9.17, 15) is 4.39 Å². The highest BCUT2D eigenvalue weighted by atomic mass is 19.1. The standard InChI is InChI=1S/C15H24FN/c1-4-10-17-12-15(3,5-2)11-13-6-8-14(16)9-7-13/h6-9,17H,4-5,10-12H2,1-3H3. The number of benzene rings is 1. The predicted octanol–water partition coefficient (Wildman–Crippen LogP) is 3.78. The van der Waals surface area contributed by atoms with Crippen LogP contribution in [-0.2, 0) is 6.42 Å². The molecule has 0 bridgehead atoms. The highest BCUT2D eigenvalue weighted by molar-refractivity contribution is 5.17. The van der Waals surface area contributed by atoms with Crippen molar-refractivity contribution in [1.29, 1.82) is 0 Å². The lowest BCUT2D eigenvalue weighted by atomic mass is 9.81. The zero-order valence-electron chi connectivity index (χ0n) is 11.2. The largest absolute Gasteiger partial charge is 0.316 e. The van der Waals surface area contributed by atoms with Gasteiger partial charge >= 0.3 is 0 Å². The van der Waals surface area contributed by atoms with Gasteiger partial charge in [0.1, 0.15) is 5.82 Å². The van der Waals surface area contributed by atoms with Crippen LogP contribution in [0.4, 0.5) is 4.39 Å². The molecule has 0 fully saturated rings. The van der Waals surface area contributed by atoms with Crippen LogP contribution in [0.3, 0.4) is 0 Å². The summed E-state index contributed by atoms with van der Waals surface area (Å²) >= 11 is 0. The van der Waals surface area contributed by atoms with Crippen molar-refractivity contribution in [3.63, 3.8) is 0 Å². The second-order valence-corrected chi connectivity index (χ2v) is 5.14. The van der Waals surface area contributed by atoms with E-state index < -0.39 is 0 Å². The minimum atomic E-state index is -0.156. The number of halogens is 1. The van der Waals surface area contributed by atoms with E-state index >= 15 is 0 Å². The Labute approximate surface area is 104 Å². The summed E-state index contributed by atoms with van der Waals surface area (Å²) in [5.41, 5.74) is 1.47. The molecule has 1 rings (SSSR count). The Balaban J connectivity index is 2.58. The fourth-order valence-electron chi connectivity index (χ4n) is 1.97. The summed E-state index contributed by atoms with van der Waals surface area (Å²) in [5, 5.41) is 3.48. The van der Waals surface area contributed by atoms with E-state index in [-0.39, 0.29) is 11.2 Å². The summed E-state index contributed by atoms with van der Waals surface area (Å²) < 4.78 is 12.8. The second kappa shape index (κ2) is 6.75. The SMILES string of the molecule is CCCNCC(C)(CC)Cc1ccc(F)cc1. The molecular formula is C15H24FN. The summed E-state index contributed by atoms with van der Waals surface area (Å²) in [6, 6.07) is 6.88. The molecule has 0 aliphatic carbocycles. The Morgan fingerprint density at radius 2 is 1.82 bits per heavy atom. The van der Waals surface area contributed by atoms with Crippen molar-refractivity contribution in [2.45, 2.75) is 40.0 Å². The molecule has 1 N–H and O–H groups in total. The molecule has 1 unspecified atom stereocenters. The summed E-state index contributed by atoms with van der Waals surface area (Å²) in [4.78, 5) is 0. The molecule has 0 aliphatic rings. The van der Waals surface area contributed by atoms with Gasteiger partial charge in [0.2, 0.25) is 0 Å². The fourth-order valence-corrected chi connectivity index (χ4v) is 1.97. The molecule has 1 nitrogen and oxygen atoms in total. The molecule has 0 saturated carbocycles. The van der Waals surface area contributed by atoms with Crippen LogP contribution in [0.2, 0.25) is 0 Å². The average Bonchev–Trinajstić information content (AvgIpc) is 2.33. The summed E-state index contributed by atoms with van der Waals surface area (Å²) in [6.07, 6.45) is 3.29. The maximum atomic E-state index is 12.8. The zero-order valence-corrected chi connectivity index (χ0v) is 11.2. The van der Waals surface area contributed by atoms with Gasteiger partial charge in [-0.15, -0.1) is 0 Å². The lowest BCUT2D eigenvalue weighted by molar-refractivity contribution is 0.291. The monoisotopic (exact) mass is 237 g/mol. The van der Waals surface area contributed by atoms with Crippen LogP contribution in [0.5, 0.6) is 0 Å². The van der Waals surface area contributed by atoms with E-state index in [2.05, 4.69) is 26.1 Å². The van der Waals surface area contributed by atoms with E-state index in [1.54, 1.807) is 12.1 Å². The van der Waals surface area contributed by atoms with Crippen molar-refractivity contribution in [2.24, 2.45) is 5.41 Å². The molecule has 0 aliphatic heterocycles. The first kappa shape index (κ1) is 14.2. The van der Waals surface area contributed by atoms with E-state index in [1.807, 2.05) is 12.1 Å². The van der Waals surface area contributed by atoms with Crippen molar-refractivity contribution >= 4 is 0 Å². The van der Waals surface area contributed by atoms with Gasteiger partial charge in [-0.1, -0.05) is 32.9 Å². The lowest BCUT2D eigenvalue weighted by Gasteiger charge is -2.29. The maximum Gasteiger partial charge on any atom is 0.123 e. The summed E-state index contributed by atoms with van der Waals surface area (Å²) in [6.45, 7) is 8.78. The normalized spacial score (nSPS) is 14.6. The third kappa shape index (κ3) is 4.86.